The number of nitrogens with zero attached hydrogens (tertiary/aromatic N) is 4. The van der Waals surface area contributed by atoms with E-state index in [1.54, 1.807) is 48.0 Å². The van der Waals surface area contributed by atoms with E-state index in [1.165, 1.54) is 6.08 Å². The molecule has 30 heavy (non-hydrogen) atoms. The molecule has 1 spiro atoms. The smallest absolute Gasteiger partial charge is 0.282 e. The molecule has 0 unspecified atom stereocenters. The third-order valence-electron chi connectivity index (χ3n) is 6.34. The molecule has 0 N–H and O–H groups in total. The summed E-state index contributed by atoms with van der Waals surface area (Å²) in [5.41, 5.74) is 1.92. The Morgan fingerprint density at radius 1 is 1.27 bits per heavy atom. The molecule has 0 bridgehead atoms. The molecule has 7 nitrogen and oxygen atoms in total. The van der Waals surface area contributed by atoms with E-state index in [0.717, 1.165) is 6.42 Å². The van der Waals surface area contributed by atoms with E-state index >= 15 is 0 Å². The number of halogens is 1. The van der Waals surface area contributed by atoms with Crippen LogP contribution in [0.1, 0.15) is 36.2 Å². The second kappa shape index (κ2) is 8.01. The molecular weight excluding hydrogens is 387 g/mol. The van der Waals surface area contributed by atoms with Crippen molar-refractivity contribution in [3.05, 3.63) is 53.1 Å². The number of aromatic nitrogens is 2. The van der Waals surface area contributed by atoms with E-state index in [-0.39, 0.29) is 17.2 Å². The van der Waals surface area contributed by atoms with Crippen LogP contribution in [-0.2, 0) is 16.1 Å². The third-order valence-corrected chi connectivity index (χ3v) is 6.34. The Balaban J connectivity index is 1.31. The van der Waals surface area contributed by atoms with Gasteiger partial charge in [-0.25, -0.2) is 9.02 Å². The molecule has 1 atom stereocenters. The van der Waals surface area contributed by atoms with Gasteiger partial charge in [-0.3, -0.25) is 9.59 Å². The maximum absolute atomic E-state index is 14.4. The molecule has 4 rings (SSSR count). The van der Waals surface area contributed by atoms with Gasteiger partial charge in [0.2, 0.25) is 5.91 Å². The van der Waals surface area contributed by atoms with Crippen LogP contribution in [0.5, 0.6) is 0 Å². The van der Waals surface area contributed by atoms with Crippen molar-refractivity contribution < 1.29 is 18.6 Å². The van der Waals surface area contributed by atoms with Gasteiger partial charge in [-0.15, -0.1) is 0 Å². The highest BCUT2D eigenvalue weighted by Gasteiger charge is 2.59. The lowest BCUT2D eigenvalue weighted by Crippen LogP contribution is -2.41. The first-order chi connectivity index (χ1) is 14.4. The number of benzene rings is 1. The minimum absolute atomic E-state index is 0.0513. The largest absolute Gasteiger partial charge is 0.339 e. The molecule has 2 heterocycles. The van der Waals surface area contributed by atoms with Gasteiger partial charge >= 0.3 is 0 Å². The Morgan fingerprint density at radius 2 is 1.97 bits per heavy atom. The van der Waals surface area contributed by atoms with Crippen LogP contribution in [0, 0.1) is 18.3 Å². The number of aryl methyl sites for hydroxylation is 1. The predicted molar refractivity (Wildman–Crippen MR) is 107 cm³/mol. The standard InChI is InChI=1S/C22H25FN4O3/c1-15-19(25-30-24-15)14-26(2)20(28)17-13-22(17)8-10-27(11-9-22)21(29)18(23)12-16-6-4-3-5-7-16/h3-7,12,17H,8-11,13-14H2,1-2H3/b18-12-/t17-/m0/s1. The molecule has 1 saturated heterocycles. The summed E-state index contributed by atoms with van der Waals surface area (Å²) in [5, 5.41) is 7.57. The number of likely N-dealkylation sites (tertiary alicyclic amines) is 1. The average Bonchev–Trinajstić information content (AvgIpc) is 3.30. The third kappa shape index (κ3) is 3.99. The van der Waals surface area contributed by atoms with Gasteiger partial charge in [0.25, 0.3) is 5.91 Å². The number of rotatable bonds is 5. The van der Waals surface area contributed by atoms with Crippen LogP contribution in [0.4, 0.5) is 4.39 Å². The molecule has 2 aliphatic rings. The van der Waals surface area contributed by atoms with E-state index in [0.29, 0.717) is 49.4 Å². The molecule has 1 aliphatic heterocycles. The van der Waals surface area contributed by atoms with Crippen molar-refractivity contribution in [2.45, 2.75) is 32.7 Å². The molecule has 2 aromatic rings. The van der Waals surface area contributed by atoms with Crippen molar-refractivity contribution in [2.24, 2.45) is 11.3 Å². The highest BCUT2D eigenvalue weighted by molar-refractivity contribution is 5.95. The molecule has 8 heteroatoms. The van der Waals surface area contributed by atoms with Gasteiger partial charge in [0, 0.05) is 26.1 Å². The van der Waals surface area contributed by atoms with Crippen molar-refractivity contribution in [3.8, 4) is 0 Å². The molecule has 158 valence electrons. The van der Waals surface area contributed by atoms with Gasteiger partial charge in [-0.05, 0) is 43.2 Å². The molecule has 1 aromatic heterocycles. The highest BCUT2D eigenvalue weighted by atomic mass is 19.1. The van der Waals surface area contributed by atoms with Gasteiger partial charge in [0.05, 0.1) is 6.54 Å². The molecule has 0 radical (unpaired) electrons. The zero-order valence-corrected chi connectivity index (χ0v) is 17.2. The van der Waals surface area contributed by atoms with E-state index in [2.05, 4.69) is 10.3 Å². The number of piperidine rings is 1. The Labute approximate surface area is 174 Å². The minimum Gasteiger partial charge on any atom is -0.339 e. The summed E-state index contributed by atoms with van der Waals surface area (Å²) >= 11 is 0. The average molecular weight is 412 g/mol. The van der Waals surface area contributed by atoms with Gasteiger partial charge in [-0.1, -0.05) is 40.6 Å². The van der Waals surface area contributed by atoms with Crippen molar-refractivity contribution in [1.29, 1.82) is 0 Å². The normalized spacial score (nSPS) is 20.3. The molecule has 2 fully saturated rings. The monoisotopic (exact) mass is 412 g/mol. The molecule has 1 saturated carbocycles. The summed E-state index contributed by atoms with van der Waals surface area (Å²) < 4.78 is 19.1. The number of carbonyl (C=O) groups excluding carboxylic acids is 2. The summed E-state index contributed by atoms with van der Waals surface area (Å²) in [6.07, 6.45) is 3.51. The lowest BCUT2D eigenvalue weighted by molar-refractivity contribution is -0.133. The SMILES string of the molecule is Cc1nonc1CN(C)C(=O)[C@@H]1CC12CCN(C(=O)/C(F)=C/c1ccccc1)CC2. The van der Waals surface area contributed by atoms with Gasteiger partial charge in [0.1, 0.15) is 11.4 Å². The van der Waals surface area contributed by atoms with Gasteiger partial charge in [-0.2, -0.15) is 0 Å². The van der Waals surface area contributed by atoms with Gasteiger partial charge < -0.3 is 9.80 Å². The Kier molecular flexibility index (Phi) is 5.40. The summed E-state index contributed by atoms with van der Waals surface area (Å²) in [7, 11) is 1.75. The van der Waals surface area contributed by atoms with E-state index in [4.69, 9.17) is 4.63 Å². The quantitative estimate of drug-likeness (QED) is 0.706. The first kappa shape index (κ1) is 20.3. The molecule has 1 aliphatic carbocycles. The van der Waals surface area contributed by atoms with Crippen molar-refractivity contribution in [1.82, 2.24) is 20.1 Å². The molecule has 2 amide bonds. The van der Waals surface area contributed by atoms with Crippen LogP contribution in [-0.4, -0.2) is 52.1 Å². The fourth-order valence-corrected chi connectivity index (χ4v) is 4.27. The van der Waals surface area contributed by atoms with Crippen LogP contribution in [0.2, 0.25) is 0 Å². The summed E-state index contributed by atoms with van der Waals surface area (Å²) in [6, 6.07) is 8.96. The number of amides is 2. The fourth-order valence-electron chi connectivity index (χ4n) is 4.27. The second-order valence-electron chi connectivity index (χ2n) is 8.30. The topological polar surface area (TPSA) is 79.5 Å². The van der Waals surface area contributed by atoms with E-state index < -0.39 is 11.7 Å². The fraction of sp³-hybridized carbons (Fsp3) is 0.455. The van der Waals surface area contributed by atoms with E-state index in [1.807, 2.05) is 6.07 Å². The minimum atomic E-state index is -0.753. The summed E-state index contributed by atoms with van der Waals surface area (Å²) in [5.74, 6) is -1.31. The van der Waals surface area contributed by atoms with E-state index in [9.17, 15) is 14.0 Å². The summed E-state index contributed by atoms with van der Waals surface area (Å²) in [4.78, 5) is 28.5. The number of hydrogen-bond donors (Lipinski definition) is 0. The summed E-state index contributed by atoms with van der Waals surface area (Å²) in [6.45, 7) is 3.09. The first-order valence-electron chi connectivity index (χ1n) is 10.1. The van der Waals surface area contributed by atoms with Crippen LogP contribution in [0.3, 0.4) is 0 Å². The lowest BCUT2D eigenvalue weighted by Gasteiger charge is -2.32. The van der Waals surface area contributed by atoms with Crippen LogP contribution < -0.4 is 0 Å². The molecule has 1 aromatic carbocycles. The highest BCUT2D eigenvalue weighted by Crippen LogP contribution is 2.60. The number of carbonyl (C=O) groups is 2. The van der Waals surface area contributed by atoms with Crippen molar-refractivity contribution in [3.63, 3.8) is 0 Å². The number of hydrogen-bond acceptors (Lipinski definition) is 5. The second-order valence-corrected chi connectivity index (χ2v) is 8.30. The first-order valence-corrected chi connectivity index (χ1v) is 10.1. The van der Waals surface area contributed by atoms with Crippen LogP contribution >= 0.6 is 0 Å². The van der Waals surface area contributed by atoms with Gasteiger partial charge in [0.15, 0.2) is 5.83 Å². The van der Waals surface area contributed by atoms with Crippen molar-refractivity contribution >= 4 is 17.9 Å². The Hall–Kier alpha value is -3.03. The van der Waals surface area contributed by atoms with Crippen molar-refractivity contribution in [2.75, 3.05) is 20.1 Å². The Morgan fingerprint density at radius 3 is 2.60 bits per heavy atom. The molecular formula is C22H25FN4O3. The maximum atomic E-state index is 14.4. The zero-order chi connectivity index (χ0) is 21.3. The van der Waals surface area contributed by atoms with Crippen LogP contribution in [0.25, 0.3) is 6.08 Å². The lowest BCUT2D eigenvalue weighted by atomic mass is 9.90. The Bertz CT molecular complexity index is 964. The van der Waals surface area contributed by atoms with Crippen LogP contribution in [0.15, 0.2) is 40.8 Å². The predicted octanol–water partition coefficient (Wildman–Crippen LogP) is 2.98. The maximum Gasteiger partial charge on any atom is 0.282 e. The zero-order valence-electron chi connectivity index (χ0n) is 17.2.